The zero-order chi connectivity index (χ0) is 21.4. The highest BCUT2D eigenvalue weighted by atomic mass is 35.5. The predicted octanol–water partition coefficient (Wildman–Crippen LogP) is 5.54. The summed E-state index contributed by atoms with van der Waals surface area (Å²) in [6, 6.07) is 13.3. The minimum atomic E-state index is -0.499. The number of carbonyl (C=O) groups is 2. The lowest BCUT2D eigenvalue weighted by Gasteiger charge is -2.21. The summed E-state index contributed by atoms with van der Waals surface area (Å²) in [7, 11) is 0. The molecule has 4 rings (SSSR count). The van der Waals surface area contributed by atoms with Crippen molar-refractivity contribution in [3.8, 4) is 17.2 Å². The van der Waals surface area contributed by atoms with Crippen molar-refractivity contribution in [3.05, 3.63) is 81.4 Å². The summed E-state index contributed by atoms with van der Waals surface area (Å²) < 4.78 is 5.79. The Morgan fingerprint density at radius 2 is 1.67 bits per heavy atom. The van der Waals surface area contributed by atoms with E-state index >= 15 is 0 Å². The Bertz CT molecular complexity index is 1170. The normalized spacial score (nSPS) is 12.5. The number of nitrogens with two attached hydrogens (primary N) is 1. The number of benzene rings is 3. The van der Waals surface area contributed by atoms with Crippen LogP contribution in [-0.2, 0) is 6.42 Å². The quantitative estimate of drug-likeness (QED) is 0.326. The number of phenols is 1. The number of hydrogen-bond acceptors (Lipinski definition) is 5. The fourth-order valence-corrected chi connectivity index (χ4v) is 3.79. The highest BCUT2D eigenvalue weighted by molar-refractivity contribution is 6.34. The highest BCUT2D eigenvalue weighted by Crippen LogP contribution is 2.43. The Hall–Kier alpha value is -3.31. The van der Waals surface area contributed by atoms with Crippen LogP contribution in [0.4, 0.5) is 5.69 Å². The number of aryl methyl sites for hydroxylation is 1. The lowest BCUT2D eigenvalue weighted by atomic mass is 9.82. The van der Waals surface area contributed by atoms with Gasteiger partial charge in [0.2, 0.25) is 0 Å². The smallest absolute Gasteiger partial charge is 0.198 e. The number of ketones is 2. The van der Waals surface area contributed by atoms with Crippen molar-refractivity contribution >= 4 is 28.9 Å². The molecule has 0 fully saturated rings. The molecule has 0 aliphatic heterocycles. The molecule has 0 amide bonds. The number of carbonyl (C=O) groups excluding carboxylic acids is 2. The van der Waals surface area contributed by atoms with E-state index < -0.39 is 17.3 Å². The van der Waals surface area contributed by atoms with E-state index in [1.165, 1.54) is 29.8 Å². The van der Waals surface area contributed by atoms with Gasteiger partial charge >= 0.3 is 0 Å². The van der Waals surface area contributed by atoms with Crippen molar-refractivity contribution in [3.63, 3.8) is 0 Å². The maximum Gasteiger partial charge on any atom is 0.198 e. The third kappa shape index (κ3) is 3.42. The summed E-state index contributed by atoms with van der Waals surface area (Å²) in [6.45, 7) is 2.14. The highest BCUT2D eigenvalue weighted by Gasteiger charge is 2.35. The molecule has 0 spiro atoms. The maximum atomic E-state index is 13.0. The first-order valence-electron chi connectivity index (χ1n) is 9.72. The van der Waals surface area contributed by atoms with E-state index in [4.69, 9.17) is 22.1 Å². The average Bonchev–Trinajstić information content (AvgIpc) is 2.73. The molecule has 3 aromatic rings. The van der Waals surface area contributed by atoms with Crippen molar-refractivity contribution < 1.29 is 19.4 Å². The number of hydrogen-bond donors (Lipinski definition) is 2. The summed E-state index contributed by atoms with van der Waals surface area (Å²) in [4.78, 5) is 26.0. The van der Waals surface area contributed by atoms with Crippen LogP contribution in [-0.4, -0.2) is 16.7 Å². The van der Waals surface area contributed by atoms with Gasteiger partial charge in [-0.25, -0.2) is 0 Å². The second kappa shape index (κ2) is 7.84. The SMILES string of the molecule is CCCCc1ccc(Oc2cc(N)c3c(c2O)C(=O)c2ccc(Cl)cc2C3=O)cc1. The first-order valence-corrected chi connectivity index (χ1v) is 10.1. The lowest BCUT2D eigenvalue weighted by molar-refractivity contribution is 0.0977. The fourth-order valence-electron chi connectivity index (χ4n) is 3.61. The van der Waals surface area contributed by atoms with Crippen LogP contribution in [0.2, 0.25) is 5.02 Å². The van der Waals surface area contributed by atoms with Gasteiger partial charge in [0, 0.05) is 27.9 Å². The minimum Gasteiger partial charge on any atom is -0.504 e. The topological polar surface area (TPSA) is 89.6 Å². The third-order valence-electron chi connectivity index (χ3n) is 5.19. The summed E-state index contributed by atoms with van der Waals surface area (Å²) in [5.74, 6) is -0.853. The van der Waals surface area contributed by atoms with E-state index in [-0.39, 0.29) is 33.7 Å². The van der Waals surface area contributed by atoms with Crippen LogP contribution in [0.1, 0.15) is 57.2 Å². The monoisotopic (exact) mass is 421 g/mol. The molecule has 3 N–H and O–H groups in total. The molecule has 0 bridgehead atoms. The molecule has 0 unspecified atom stereocenters. The van der Waals surface area contributed by atoms with Crippen molar-refractivity contribution in [2.24, 2.45) is 0 Å². The third-order valence-corrected chi connectivity index (χ3v) is 5.43. The van der Waals surface area contributed by atoms with Gasteiger partial charge in [-0.2, -0.15) is 0 Å². The summed E-state index contributed by atoms with van der Waals surface area (Å²) in [5, 5.41) is 11.1. The van der Waals surface area contributed by atoms with Crippen molar-refractivity contribution in [2.75, 3.05) is 5.73 Å². The van der Waals surface area contributed by atoms with Gasteiger partial charge in [-0.15, -0.1) is 0 Å². The molecular formula is C24H20ClNO4. The summed E-state index contributed by atoms with van der Waals surface area (Å²) in [5.41, 5.74) is 7.50. The molecule has 0 radical (unpaired) electrons. The number of halogens is 1. The molecular weight excluding hydrogens is 402 g/mol. The molecule has 0 saturated heterocycles. The van der Waals surface area contributed by atoms with Gasteiger partial charge in [-0.3, -0.25) is 9.59 Å². The van der Waals surface area contributed by atoms with Crippen LogP contribution in [0.25, 0.3) is 0 Å². The molecule has 5 nitrogen and oxygen atoms in total. The van der Waals surface area contributed by atoms with Crippen LogP contribution in [0.5, 0.6) is 17.2 Å². The number of ether oxygens (including phenoxy) is 1. The molecule has 0 heterocycles. The van der Waals surface area contributed by atoms with Crippen LogP contribution in [0, 0.1) is 0 Å². The molecule has 1 aliphatic carbocycles. The van der Waals surface area contributed by atoms with Gasteiger partial charge < -0.3 is 15.6 Å². The molecule has 152 valence electrons. The van der Waals surface area contributed by atoms with E-state index in [0.29, 0.717) is 10.8 Å². The van der Waals surface area contributed by atoms with Crippen LogP contribution < -0.4 is 10.5 Å². The molecule has 0 atom stereocenters. The predicted molar refractivity (Wildman–Crippen MR) is 116 cm³/mol. The Morgan fingerprint density at radius 3 is 2.37 bits per heavy atom. The zero-order valence-corrected chi connectivity index (χ0v) is 17.1. The van der Waals surface area contributed by atoms with Crippen LogP contribution in [0.15, 0.2) is 48.5 Å². The number of nitrogen functional groups attached to an aromatic ring is 1. The number of aromatic hydroxyl groups is 1. The van der Waals surface area contributed by atoms with Gasteiger partial charge in [0.1, 0.15) is 5.75 Å². The van der Waals surface area contributed by atoms with E-state index in [0.717, 1.165) is 19.3 Å². The van der Waals surface area contributed by atoms with Crippen LogP contribution in [0.3, 0.4) is 0 Å². The zero-order valence-electron chi connectivity index (χ0n) is 16.4. The van der Waals surface area contributed by atoms with Gasteiger partial charge in [-0.1, -0.05) is 37.1 Å². The number of unbranched alkanes of at least 4 members (excludes halogenated alkanes) is 1. The second-order valence-electron chi connectivity index (χ2n) is 7.26. The van der Waals surface area contributed by atoms with Crippen molar-refractivity contribution in [1.29, 1.82) is 0 Å². The number of fused-ring (bicyclic) bond motifs is 2. The molecule has 30 heavy (non-hydrogen) atoms. The summed E-state index contributed by atoms with van der Waals surface area (Å²) in [6.07, 6.45) is 3.20. The maximum absolute atomic E-state index is 13.0. The van der Waals surface area contributed by atoms with E-state index in [9.17, 15) is 14.7 Å². The Morgan fingerprint density at radius 1 is 0.967 bits per heavy atom. The number of phenolic OH excluding ortho intramolecular Hbond substituents is 1. The van der Waals surface area contributed by atoms with Gasteiger partial charge in [-0.05, 0) is 48.7 Å². The molecule has 0 aromatic heterocycles. The van der Waals surface area contributed by atoms with E-state index in [1.807, 2.05) is 12.1 Å². The van der Waals surface area contributed by atoms with E-state index in [1.54, 1.807) is 12.1 Å². The second-order valence-corrected chi connectivity index (χ2v) is 7.70. The largest absolute Gasteiger partial charge is 0.504 e. The first-order chi connectivity index (χ1) is 14.4. The number of rotatable bonds is 5. The Balaban J connectivity index is 1.72. The van der Waals surface area contributed by atoms with Gasteiger partial charge in [0.05, 0.1) is 11.1 Å². The fraction of sp³-hybridized carbons (Fsp3) is 0.167. The Labute approximate surface area is 179 Å². The molecule has 0 saturated carbocycles. The number of anilines is 1. The minimum absolute atomic E-state index is 0.0196. The van der Waals surface area contributed by atoms with Gasteiger partial charge in [0.25, 0.3) is 0 Å². The molecule has 6 heteroatoms. The average molecular weight is 422 g/mol. The standard InChI is InChI=1S/C24H20ClNO4/c1-2-3-4-13-5-8-15(9-6-13)30-19-12-18(26)20-21(24(19)29)22(27)16-10-7-14(25)11-17(16)23(20)28/h5-12,29H,2-4,26H2,1H3. The van der Waals surface area contributed by atoms with Crippen molar-refractivity contribution in [1.82, 2.24) is 0 Å². The van der Waals surface area contributed by atoms with Gasteiger partial charge in [0.15, 0.2) is 23.1 Å². The molecule has 3 aromatic carbocycles. The lowest BCUT2D eigenvalue weighted by Crippen LogP contribution is -2.22. The Kier molecular flexibility index (Phi) is 5.22. The summed E-state index contributed by atoms with van der Waals surface area (Å²) >= 11 is 5.98. The van der Waals surface area contributed by atoms with E-state index in [2.05, 4.69) is 6.92 Å². The van der Waals surface area contributed by atoms with Crippen LogP contribution >= 0.6 is 11.6 Å². The molecule has 1 aliphatic rings. The van der Waals surface area contributed by atoms with Crippen molar-refractivity contribution in [2.45, 2.75) is 26.2 Å². The first kappa shape index (κ1) is 20.0.